The van der Waals surface area contributed by atoms with Gasteiger partial charge in [-0.3, -0.25) is 0 Å². The van der Waals surface area contributed by atoms with E-state index in [4.69, 9.17) is 0 Å². The van der Waals surface area contributed by atoms with Gasteiger partial charge in [0.05, 0.1) is 0 Å². The van der Waals surface area contributed by atoms with E-state index in [-0.39, 0.29) is 0 Å². The van der Waals surface area contributed by atoms with Crippen LogP contribution in [0.15, 0.2) is 0 Å². The maximum atomic E-state index is 2.42. The topological polar surface area (TPSA) is 0 Å². The standard InChI is InChI=1S/C11H22.3C9H18.C8H14.3C8H16.2C7H14.2C7H16/c1-9-10(2,3)7-6-8-11(9,4)5;1-8-4-6-9(2,3)7-5-8;1-8-6-4-5-7-9(8,2)3;1-7-5-4-6-8(2)9(7)3;1-6-4-7-2-3-8(6)5-7;1-7-5-3-4-6-8(7)2;1-7(2)8-5-3-4-6-8;1-2-8-6-4-3-5-7-8;1-6(2)7-4-3-5-7;1-2-7-5-3-4-6-7;1-5-6-7(2,3)4;1-4-7(5-2)6-3/h9H,6-8H2,1-5H3;2*8H,4-7H2,1-3H3;7-9H,4-6H2,1-3H3;6-8H,2-5H2,1H3;2*7-8H,3-6H2,1-2H3;8H,2-7H2,1H3;6-7H,3-5H2,1-2H3;7H,2-6H2,1H3;5-6H2,1-4H3;7H,4-6H2,1-3H3/t;;;;6-,7?,8?;7-,8?;;;;;;/m....01....../s1. The molecule has 11 saturated carbocycles. The van der Waals surface area contributed by atoms with Crippen molar-refractivity contribution in [2.75, 3.05) is 0 Å². The number of hydrogen-bond donors (Lipinski definition) is 0. The van der Waals surface area contributed by atoms with Crippen molar-refractivity contribution < 1.29 is 0 Å². The average Bonchev–Trinajstić information content (AvgIpc) is 0.868. The van der Waals surface area contributed by atoms with Crippen molar-refractivity contribution >= 4 is 0 Å². The Bertz CT molecular complexity index is 1690. The van der Waals surface area contributed by atoms with E-state index in [2.05, 4.69) is 208 Å². The molecule has 11 fully saturated rings. The Morgan fingerprint density at radius 2 is 0.724 bits per heavy atom. The van der Waals surface area contributed by atoms with Crippen LogP contribution in [0.1, 0.15) is 497 Å². The van der Waals surface area contributed by atoms with Gasteiger partial charge in [-0.1, -0.05) is 439 Å². The second-order valence-electron chi connectivity index (χ2n) is 41.8. The second-order valence-corrected chi connectivity index (χ2v) is 41.8. The van der Waals surface area contributed by atoms with Crippen LogP contribution >= 0.6 is 0 Å². The molecule has 0 N–H and O–H groups in total. The van der Waals surface area contributed by atoms with E-state index in [9.17, 15) is 0 Å². The number of fused-ring (bicyclic) bond motifs is 2. The van der Waals surface area contributed by atoms with Crippen LogP contribution in [0.2, 0.25) is 0 Å². The molecule has 0 heterocycles. The van der Waals surface area contributed by atoms with Crippen molar-refractivity contribution in [1.82, 2.24) is 0 Å². The van der Waals surface area contributed by atoms with Gasteiger partial charge in [-0.2, -0.15) is 0 Å². The van der Waals surface area contributed by atoms with E-state index in [0.717, 1.165) is 107 Å². The Balaban J connectivity index is 0.00000105. The molecule has 11 rings (SSSR count). The van der Waals surface area contributed by atoms with Gasteiger partial charge in [-0.15, -0.1) is 0 Å². The van der Waals surface area contributed by atoms with Crippen molar-refractivity contribution in [2.24, 2.45) is 134 Å². The third-order valence-electron chi connectivity index (χ3n) is 29.9. The smallest absolute Gasteiger partial charge is 0.0323 e. The zero-order valence-corrected chi connectivity index (χ0v) is 74.7. The van der Waals surface area contributed by atoms with E-state index in [0.29, 0.717) is 27.1 Å². The lowest BCUT2D eigenvalue weighted by Crippen LogP contribution is -2.38. The van der Waals surface area contributed by atoms with Crippen molar-refractivity contribution in [3.05, 3.63) is 0 Å². The van der Waals surface area contributed by atoms with Gasteiger partial charge in [0.25, 0.3) is 0 Å². The third-order valence-corrected chi connectivity index (χ3v) is 29.9. The Hall–Kier alpha value is 0. The monoisotopic (exact) mass is 1380 g/mol. The van der Waals surface area contributed by atoms with E-state index in [1.54, 1.807) is 25.7 Å². The van der Waals surface area contributed by atoms with E-state index in [1.807, 2.05) is 0 Å². The van der Waals surface area contributed by atoms with Gasteiger partial charge in [0.2, 0.25) is 0 Å². The summed E-state index contributed by atoms with van der Waals surface area (Å²) in [4.78, 5) is 0. The number of hydrogen-bond acceptors (Lipinski definition) is 0. The van der Waals surface area contributed by atoms with Crippen LogP contribution in [0, 0.1) is 134 Å². The predicted octanol–water partition coefficient (Wildman–Crippen LogP) is 35.2. The van der Waals surface area contributed by atoms with Crippen molar-refractivity contribution in [1.29, 1.82) is 0 Å². The molecule has 0 saturated heterocycles. The molecule has 0 heteroatoms. The van der Waals surface area contributed by atoms with Gasteiger partial charge >= 0.3 is 0 Å². The van der Waals surface area contributed by atoms with Crippen LogP contribution in [0.4, 0.5) is 0 Å². The van der Waals surface area contributed by atoms with Crippen LogP contribution < -0.4 is 0 Å². The van der Waals surface area contributed by atoms with Crippen LogP contribution in [-0.4, -0.2) is 0 Å². The summed E-state index contributed by atoms with van der Waals surface area (Å²) in [5, 5.41) is 0. The van der Waals surface area contributed by atoms with Gasteiger partial charge in [0, 0.05) is 0 Å². The van der Waals surface area contributed by atoms with Crippen molar-refractivity contribution in [2.45, 2.75) is 497 Å². The minimum atomic E-state index is 0.550. The summed E-state index contributed by atoms with van der Waals surface area (Å²) in [7, 11) is 0. The van der Waals surface area contributed by atoms with E-state index < -0.39 is 0 Å². The molecular weight excluding hydrogens is 1180 g/mol. The van der Waals surface area contributed by atoms with Gasteiger partial charge in [-0.25, -0.2) is 0 Å². The summed E-state index contributed by atoms with van der Waals surface area (Å²) >= 11 is 0. The third kappa shape index (κ3) is 45.5. The van der Waals surface area contributed by atoms with E-state index in [1.165, 1.54) is 263 Å². The molecule has 8 atom stereocenters. The van der Waals surface area contributed by atoms with E-state index >= 15 is 0 Å². The maximum Gasteiger partial charge on any atom is -0.0323 e. The molecule has 0 aromatic heterocycles. The fourth-order valence-electron chi connectivity index (χ4n) is 19.0. The fraction of sp³-hybridized carbons (Fsp3) is 1.00. The first-order valence-electron chi connectivity index (χ1n) is 45.8. The molecule has 11 aliphatic carbocycles. The lowest BCUT2D eigenvalue weighted by molar-refractivity contribution is 0.0286. The molecule has 0 aliphatic heterocycles. The highest BCUT2D eigenvalue weighted by Crippen LogP contribution is 2.51. The first-order chi connectivity index (χ1) is 45.8. The number of rotatable bonds is 8. The summed E-state index contributed by atoms with van der Waals surface area (Å²) in [6.07, 6.45) is 65.9. The zero-order valence-electron chi connectivity index (χ0n) is 74.7. The zero-order chi connectivity index (χ0) is 74.7. The molecular formula is C98H198. The highest BCUT2D eigenvalue weighted by molar-refractivity contribution is 4.91. The minimum absolute atomic E-state index is 0.550. The lowest BCUT2D eigenvalue weighted by Gasteiger charge is -2.47. The summed E-state index contributed by atoms with van der Waals surface area (Å²) in [5.41, 5.74) is 2.99. The molecule has 0 nitrogen and oxygen atoms in total. The predicted molar refractivity (Wildman–Crippen MR) is 453 cm³/mol. The molecule has 0 spiro atoms. The average molecular weight is 1380 g/mol. The quantitative estimate of drug-likeness (QED) is 0.227. The summed E-state index contributed by atoms with van der Waals surface area (Å²) in [5.74, 6) is 18.3. The van der Waals surface area contributed by atoms with Crippen LogP contribution in [0.5, 0.6) is 0 Å². The van der Waals surface area contributed by atoms with Gasteiger partial charge in [0.15, 0.2) is 0 Å². The second kappa shape index (κ2) is 53.7. The molecule has 0 aromatic carbocycles. The molecule has 2 bridgehead atoms. The Morgan fingerprint density at radius 3 is 0.949 bits per heavy atom. The minimum Gasteiger partial charge on any atom is -0.0654 e. The van der Waals surface area contributed by atoms with Crippen molar-refractivity contribution in [3.63, 3.8) is 0 Å². The molecule has 11 aliphatic rings. The van der Waals surface area contributed by atoms with Crippen LogP contribution in [-0.2, 0) is 0 Å². The maximum absolute atomic E-state index is 2.42. The molecule has 98 heavy (non-hydrogen) atoms. The summed E-state index contributed by atoms with van der Waals surface area (Å²) < 4.78 is 0. The Morgan fingerprint density at radius 1 is 0.347 bits per heavy atom. The fourth-order valence-corrected chi connectivity index (χ4v) is 19.0. The lowest BCUT2D eigenvalue weighted by atomic mass is 9.58. The van der Waals surface area contributed by atoms with Gasteiger partial charge < -0.3 is 0 Å². The first-order valence-corrected chi connectivity index (χ1v) is 45.8. The van der Waals surface area contributed by atoms with Gasteiger partial charge in [-0.05, 0) is 191 Å². The SMILES string of the molecule is CC(C)C1CCC1.CC(C)C1CCCC1.CC1C(C)(C)CCCC1(C)C.CC1CCC(C)(C)CC1.CC1CCCC(C)C1C.CC1CCCCC1(C)C.CC1CCCC[C@H]1C.CCC(CC)CC.CCC1CCCC1.CCC1CCCCC1.CCCC(C)(C)C.C[C@H]1CC2CCC1C2. The molecule has 0 radical (unpaired) electrons. The molecule has 0 aromatic rings. The molecule has 0 amide bonds. The normalized spacial score (nSPS) is 29.5. The molecule has 6 unspecified atom stereocenters. The highest BCUT2D eigenvalue weighted by Gasteiger charge is 2.41. The Kier molecular flexibility index (Phi) is 53.7. The summed E-state index contributed by atoms with van der Waals surface area (Å²) in [6, 6.07) is 0. The van der Waals surface area contributed by atoms with Crippen LogP contribution in [0.25, 0.3) is 0 Å². The Labute approximate surface area is 626 Å². The van der Waals surface area contributed by atoms with Crippen molar-refractivity contribution in [3.8, 4) is 0 Å². The van der Waals surface area contributed by atoms with Gasteiger partial charge in [0.1, 0.15) is 0 Å². The molecule has 590 valence electrons. The van der Waals surface area contributed by atoms with Crippen LogP contribution in [0.3, 0.4) is 0 Å². The first kappa shape index (κ1) is 98.0. The summed E-state index contributed by atoms with van der Waals surface area (Å²) in [6.45, 7) is 70.5. The largest absolute Gasteiger partial charge is 0.0654 e. The highest BCUT2D eigenvalue weighted by atomic mass is 14.5.